The van der Waals surface area contributed by atoms with Gasteiger partial charge in [-0.1, -0.05) is 35.3 Å². The van der Waals surface area contributed by atoms with Crippen molar-refractivity contribution in [2.24, 2.45) is 0 Å². The molecule has 1 atom stereocenters. The second-order valence-corrected chi connectivity index (χ2v) is 8.48. The van der Waals surface area contributed by atoms with Crippen LogP contribution in [0, 0.1) is 0 Å². The number of amides is 2. The molecule has 5 nitrogen and oxygen atoms in total. The van der Waals surface area contributed by atoms with Crippen LogP contribution in [-0.4, -0.2) is 50.2 Å². The maximum Gasteiger partial charge on any atom is 0.416 e. The summed E-state index contributed by atoms with van der Waals surface area (Å²) in [6.45, 7) is 4.94. The second-order valence-electron chi connectivity index (χ2n) is 7.66. The summed E-state index contributed by atoms with van der Waals surface area (Å²) in [7, 11) is 0. The van der Waals surface area contributed by atoms with Crippen LogP contribution in [0.25, 0.3) is 0 Å². The quantitative estimate of drug-likeness (QED) is 0.501. The highest BCUT2D eigenvalue weighted by molar-refractivity contribution is 6.42. The number of anilines is 1. The summed E-state index contributed by atoms with van der Waals surface area (Å²) in [5.74, 6) is -0.0353. The molecule has 3 N–H and O–H groups in total. The summed E-state index contributed by atoms with van der Waals surface area (Å²) in [5.41, 5.74) is 0.193. The molecular formula is C22H25Cl2F3N4O. The summed E-state index contributed by atoms with van der Waals surface area (Å²) in [4.78, 5) is 14.7. The molecule has 32 heavy (non-hydrogen) atoms. The maximum absolute atomic E-state index is 12.9. The summed E-state index contributed by atoms with van der Waals surface area (Å²) in [6.07, 6.45) is -3.70. The Labute approximate surface area is 195 Å². The van der Waals surface area contributed by atoms with Crippen LogP contribution in [0.4, 0.5) is 23.7 Å². The number of alkyl halides is 3. The molecule has 1 aliphatic rings. The van der Waals surface area contributed by atoms with Crippen LogP contribution < -0.4 is 16.0 Å². The molecule has 0 aromatic heterocycles. The minimum atomic E-state index is -4.48. The molecule has 0 radical (unpaired) electrons. The third-order valence-corrected chi connectivity index (χ3v) is 6.11. The van der Waals surface area contributed by atoms with Crippen molar-refractivity contribution >= 4 is 34.9 Å². The molecule has 2 aromatic carbocycles. The van der Waals surface area contributed by atoms with Crippen LogP contribution in [0.5, 0.6) is 0 Å². The standard InChI is InChI=1S/C22H25Cl2F3N4O/c23-19-5-4-15(12-20(19)24)16(6-9-31-10-7-28-8-11-31)14-29-21(32)30-18-3-1-2-17(13-18)22(25,26)27/h1-5,12-13,16,28H,6-11,14H2,(H2,29,30,32). The van der Waals surface area contributed by atoms with Crippen molar-refractivity contribution in [3.05, 3.63) is 63.6 Å². The Kier molecular flexibility index (Phi) is 8.64. The Morgan fingerprint density at radius 1 is 1.09 bits per heavy atom. The summed E-state index contributed by atoms with van der Waals surface area (Å²) in [6, 6.07) is 9.35. The van der Waals surface area contributed by atoms with Gasteiger partial charge < -0.3 is 20.9 Å². The zero-order valence-corrected chi connectivity index (χ0v) is 18.8. The van der Waals surface area contributed by atoms with Crippen LogP contribution >= 0.6 is 23.2 Å². The number of hydrogen-bond acceptors (Lipinski definition) is 3. The molecule has 2 amide bonds. The van der Waals surface area contributed by atoms with Crippen LogP contribution in [0.3, 0.4) is 0 Å². The first-order chi connectivity index (χ1) is 15.2. The number of carbonyl (C=O) groups is 1. The van der Waals surface area contributed by atoms with E-state index < -0.39 is 17.8 Å². The average molecular weight is 489 g/mol. The lowest BCUT2D eigenvalue weighted by Crippen LogP contribution is -2.44. The van der Waals surface area contributed by atoms with Crippen molar-refractivity contribution < 1.29 is 18.0 Å². The van der Waals surface area contributed by atoms with Crippen molar-refractivity contribution in [3.8, 4) is 0 Å². The maximum atomic E-state index is 12.9. The van der Waals surface area contributed by atoms with E-state index in [1.807, 2.05) is 6.07 Å². The summed E-state index contributed by atoms with van der Waals surface area (Å²) in [5, 5.41) is 9.44. The number of nitrogens with zero attached hydrogens (tertiary/aromatic N) is 1. The summed E-state index contributed by atoms with van der Waals surface area (Å²) < 4.78 is 38.7. The van der Waals surface area contributed by atoms with Gasteiger partial charge in [-0.15, -0.1) is 0 Å². The van der Waals surface area contributed by atoms with E-state index in [2.05, 4.69) is 20.9 Å². The van der Waals surface area contributed by atoms with Gasteiger partial charge in [-0.25, -0.2) is 4.79 Å². The molecule has 1 aliphatic heterocycles. The third kappa shape index (κ3) is 7.27. The highest BCUT2D eigenvalue weighted by Crippen LogP contribution is 2.31. The lowest BCUT2D eigenvalue weighted by molar-refractivity contribution is -0.137. The van der Waals surface area contributed by atoms with Crippen LogP contribution in [0.15, 0.2) is 42.5 Å². The monoisotopic (exact) mass is 488 g/mol. The summed E-state index contributed by atoms with van der Waals surface area (Å²) >= 11 is 12.2. The molecule has 174 valence electrons. The van der Waals surface area contributed by atoms with Gasteiger partial charge in [0, 0.05) is 44.3 Å². The predicted molar refractivity (Wildman–Crippen MR) is 122 cm³/mol. The molecule has 10 heteroatoms. The van der Waals surface area contributed by atoms with Crippen molar-refractivity contribution in [3.63, 3.8) is 0 Å². The first kappa shape index (κ1) is 24.6. The van der Waals surface area contributed by atoms with Crippen LogP contribution in [0.2, 0.25) is 10.0 Å². The number of nitrogens with one attached hydrogen (secondary N) is 3. The van der Waals surface area contributed by atoms with Crippen molar-refractivity contribution in [2.45, 2.75) is 18.5 Å². The van der Waals surface area contributed by atoms with Gasteiger partial charge in [-0.05, 0) is 48.9 Å². The van der Waals surface area contributed by atoms with Gasteiger partial charge in [0.15, 0.2) is 0 Å². The topological polar surface area (TPSA) is 56.4 Å². The minimum Gasteiger partial charge on any atom is -0.337 e. The second kappa shape index (κ2) is 11.2. The van der Waals surface area contributed by atoms with E-state index in [4.69, 9.17) is 23.2 Å². The van der Waals surface area contributed by atoms with E-state index in [0.717, 1.165) is 56.8 Å². The number of rotatable bonds is 7. The van der Waals surface area contributed by atoms with Crippen molar-refractivity contribution in [1.29, 1.82) is 0 Å². The molecule has 1 fully saturated rings. The predicted octanol–water partition coefficient (Wildman–Crippen LogP) is 5.21. The van der Waals surface area contributed by atoms with Gasteiger partial charge in [0.2, 0.25) is 0 Å². The molecule has 1 unspecified atom stereocenters. The lowest BCUT2D eigenvalue weighted by Gasteiger charge is -2.29. The fourth-order valence-electron chi connectivity index (χ4n) is 3.59. The van der Waals surface area contributed by atoms with E-state index in [0.29, 0.717) is 16.6 Å². The first-order valence-corrected chi connectivity index (χ1v) is 11.1. The Bertz CT molecular complexity index is 920. The van der Waals surface area contributed by atoms with Gasteiger partial charge >= 0.3 is 12.2 Å². The van der Waals surface area contributed by atoms with Gasteiger partial charge in [-0.3, -0.25) is 0 Å². The Morgan fingerprint density at radius 2 is 1.84 bits per heavy atom. The van der Waals surface area contributed by atoms with E-state index in [-0.39, 0.29) is 11.6 Å². The number of carbonyl (C=O) groups excluding carboxylic acids is 1. The van der Waals surface area contributed by atoms with Gasteiger partial charge in [0.25, 0.3) is 0 Å². The lowest BCUT2D eigenvalue weighted by atomic mass is 9.95. The number of urea groups is 1. The fourth-order valence-corrected chi connectivity index (χ4v) is 3.90. The Hall–Kier alpha value is -2.00. The molecule has 3 rings (SSSR count). The molecule has 0 aliphatic carbocycles. The molecule has 1 heterocycles. The third-order valence-electron chi connectivity index (χ3n) is 5.38. The van der Waals surface area contributed by atoms with Crippen LogP contribution in [-0.2, 0) is 6.18 Å². The van der Waals surface area contributed by atoms with Gasteiger partial charge in [0.05, 0.1) is 15.6 Å². The molecule has 0 spiro atoms. The normalized spacial score (nSPS) is 15.9. The molecular weight excluding hydrogens is 464 g/mol. The fraction of sp³-hybridized carbons (Fsp3) is 0.409. The average Bonchev–Trinajstić information content (AvgIpc) is 2.76. The Morgan fingerprint density at radius 3 is 2.53 bits per heavy atom. The zero-order chi connectivity index (χ0) is 23.1. The van der Waals surface area contributed by atoms with Gasteiger partial charge in [0.1, 0.15) is 0 Å². The number of hydrogen-bond donors (Lipinski definition) is 3. The zero-order valence-electron chi connectivity index (χ0n) is 17.3. The van der Waals surface area contributed by atoms with E-state index in [1.165, 1.54) is 12.1 Å². The largest absolute Gasteiger partial charge is 0.416 e. The van der Waals surface area contributed by atoms with Crippen LogP contribution in [0.1, 0.15) is 23.5 Å². The number of benzene rings is 2. The van der Waals surface area contributed by atoms with Crippen molar-refractivity contribution in [1.82, 2.24) is 15.5 Å². The van der Waals surface area contributed by atoms with Gasteiger partial charge in [-0.2, -0.15) is 13.2 Å². The molecule has 2 aromatic rings. The highest BCUT2D eigenvalue weighted by Gasteiger charge is 2.30. The molecule has 1 saturated heterocycles. The minimum absolute atomic E-state index is 0.0353. The van der Waals surface area contributed by atoms with Crippen molar-refractivity contribution in [2.75, 3.05) is 44.6 Å². The number of piperazine rings is 1. The number of halogens is 5. The highest BCUT2D eigenvalue weighted by atomic mass is 35.5. The molecule has 0 saturated carbocycles. The molecule has 0 bridgehead atoms. The van der Waals surface area contributed by atoms with E-state index >= 15 is 0 Å². The van der Waals surface area contributed by atoms with E-state index in [1.54, 1.807) is 12.1 Å². The Balaban J connectivity index is 1.63. The SMILES string of the molecule is O=C(NCC(CCN1CCNCC1)c1ccc(Cl)c(Cl)c1)Nc1cccc(C(F)(F)F)c1. The van der Waals surface area contributed by atoms with E-state index in [9.17, 15) is 18.0 Å². The first-order valence-electron chi connectivity index (χ1n) is 10.3. The smallest absolute Gasteiger partial charge is 0.337 e.